The molecule has 0 N–H and O–H groups in total. The van der Waals surface area contributed by atoms with E-state index >= 15 is 0 Å². The van der Waals surface area contributed by atoms with Gasteiger partial charge in [-0.3, -0.25) is 6.08 Å². The SMILES string of the molecule is COc1ccccc1C1=[C-]C(C(C)(C)C)C=C1C(C)(C)C.Cl.Cl.[C-]1=CC=CC1.[Zr+2]. The first-order chi connectivity index (χ1) is 12.1. The van der Waals surface area contributed by atoms with Gasteiger partial charge in [0.2, 0.25) is 0 Å². The second-order valence-electron chi connectivity index (χ2n) is 8.90. The first-order valence-electron chi connectivity index (χ1n) is 9.36. The molecule has 0 aromatic heterocycles. The summed E-state index contributed by atoms with van der Waals surface area (Å²) in [5.41, 5.74) is 4.00. The summed E-state index contributed by atoms with van der Waals surface area (Å²) in [6.45, 7) is 13.6. The fraction of sp³-hybridized carbons (Fsp3) is 0.440. The van der Waals surface area contributed by atoms with Gasteiger partial charge >= 0.3 is 26.2 Å². The minimum absolute atomic E-state index is 0. The number of halogens is 2. The Kier molecular flexibility index (Phi) is 13.7. The van der Waals surface area contributed by atoms with E-state index in [0.29, 0.717) is 5.92 Å². The first kappa shape index (κ1) is 30.6. The summed E-state index contributed by atoms with van der Waals surface area (Å²) in [6.07, 6.45) is 16.1. The Hall–Kier alpha value is -0.557. The second kappa shape index (κ2) is 13.0. The van der Waals surface area contributed by atoms with Gasteiger partial charge in [-0.15, -0.1) is 49.0 Å². The van der Waals surface area contributed by atoms with Crippen molar-refractivity contribution in [3.8, 4) is 5.75 Å². The molecule has 29 heavy (non-hydrogen) atoms. The summed E-state index contributed by atoms with van der Waals surface area (Å²) in [6, 6.07) is 8.23. The molecule has 0 aliphatic heterocycles. The molecule has 0 saturated heterocycles. The van der Waals surface area contributed by atoms with Crippen LogP contribution in [-0.4, -0.2) is 7.11 Å². The Morgan fingerprint density at radius 1 is 1.00 bits per heavy atom. The van der Waals surface area contributed by atoms with Crippen LogP contribution in [-0.2, 0) is 26.2 Å². The molecular weight excluding hydrogens is 478 g/mol. The predicted molar refractivity (Wildman–Crippen MR) is 126 cm³/mol. The normalized spacial score (nSPS) is 17.0. The van der Waals surface area contributed by atoms with Gasteiger partial charge in [0, 0.05) is 0 Å². The van der Waals surface area contributed by atoms with Crippen molar-refractivity contribution in [3.63, 3.8) is 0 Å². The minimum atomic E-state index is 0. The zero-order valence-corrected chi connectivity index (χ0v) is 22.7. The molecule has 1 unspecified atom stereocenters. The summed E-state index contributed by atoms with van der Waals surface area (Å²) in [5, 5.41) is 0. The summed E-state index contributed by atoms with van der Waals surface area (Å²) in [7, 11) is 1.73. The van der Waals surface area contributed by atoms with Crippen LogP contribution in [0.15, 0.2) is 54.1 Å². The van der Waals surface area contributed by atoms with Crippen LogP contribution in [0.2, 0.25) is 0 Å². The van der Waals surface area contributed by atoms with E-state index in [9.17, 15) is 0 Å². The fourth-order valence-electron chi connectivity index (χ4n) is 3.03. The van der Waals surface area contributed by atoms with E-state index in [1.54, 1.807) is 7.11 Å². The van der Waals surface area contributed by atoms with Crippen LogP contribution in [0.1, 0.15) is 53.5 Å². The number of benzene rings is 1. The third-order valence-corrected chi connectivity index (χ3v) is 4.61. The molecule has 0 bridgehead atoms. The molecule has 4 heteroatoms. The van der Waals surface area contributed by atoms with Crippen molar-refractivity contribution in [2.75, 3.05) is 7.11 Å². The van der Waals surface area contributed by atoms with E-state index in [-0.39, 0.29) is 61.8 Å². The van der Waals surface area contributed by atoms with Crippen LogP contribution in [0.4, 0.5) is 0 Å². The molecule has 0 spiro atoms. The van der Waals surface area contributed by atoms with Crippen molar-refractivity contribution in [1.82, 2.24) is 0 Å². The summed E-state index contributed by atoms with van der Waals surface area (Å²) >= 11 is 0. The average molecular weight is 513 g/mol. The summed E-state index contributed by atoms with van der Waals surface area (Å²) in [4.78, 5) is 0. The van der Waals surface area contributed by atoms with E-state index in [2.05, 4.69) is 78.0 Å². The van der Waals surface area contributed by atoms with E-state index in [1.165, 1.54) is 11.1 Å². The molecule has 0 saturated carbocycles. The average Bonchev–Trinajstić information content (AvgIpc) is 3.26. The number of rotatable bonds is 2. The van der Waals surface area contributed by atoms with Gasteiger partial charge in [0.15, 0.2) is 0 Å². The molecule has 1 atom stereocenters. The zero-order chi connectivity index (χ0) is 19.4. The maximum Gasteiger partial charge on any atom is 2.00 e. The van der Waals surface area contributed by atoms with E-state index < -0.39 is 0 Å². The van der Waals surface area contributed by atoms with Gasteiger partial charge in [0.05, 0.1) is 12.9 Å². The first-order valence-corrected chi connectivity index (χ1v) is 9.36. The molecule has 3 rings (SSSR count). The Morgan fingerprint density at radius 2 is 1.62 bits per heavy atom. The third kappa shape index (κ3) is 8.60. The molecule has 1 aromatic carbocycles. The quantitative estimate of drug-likeness (QED) is 0.369. The minimum Gasteiger partial charge on any atom is -0.509 e. The molecule has 0 heterocycles. The van der Waals surface area contributed by atoms with Crippen LogP contribution in [0.25, 0.3) is 5.57 Å². The Bertz CT molecular complexity index is 737. The molecular formula is C25H34Cl2OZr. The van der Waals surface area contributed by atoms with Crippen molar-refractivity contribution < 1.29 is 30.9 Å². The molecule has 158 valence electrons. The van der Waals surface area contributed by atoms with Crippen LogP contribution < -0.4 is 4.74 Å². The van der Waals surface area contributed by atoms with Gasteiger partial charge in [-0.1, -0.05) is 70.6 Å². The maximum absolute atomic E-state index is 5.55. The molecule has 2 aliphatic carbocycles. The zero-order valence-electron chi connectivity index (χ0n) is 18.6. The number of hydrogen-bond donors (Lipinski definition) is 0. The second-order valence-corrected chi connectivity index (χ2v) is 8.90. The van der Waals surface area contributed by atoms with Gasteiger partial charge in [0.25, 0.3) is 0 Å². The predicted octanol–water partition coefficient (Wildman–Crippen LogP) is 7.68. The Labute approximate surface area is 209 Å². The standard InChI is InChI=1S/C20H27O.C5H5.2ClH.Zr/c1-19(2,3)14-12-16(17(13-14)20(4,5)6)15-10-8-9-11-18(15)21-7;1-2-4-5-3-1;;;/h8-11,13-14H,1-7H3;1-3H,4H2;2*1H;/q2*-1;;;+2. The van der Waals surface area contributed by atoms with Crippen molar-refractivity contribution in [2.45, 2.75) is 48.0 Å². The van der Waals surface area contributed by atoms with Gasteiger partial charge in [-0.2, -0.15) is 17.7 Å². The number of hydrogen-bond acceptors (Lipinski definition) is 1. The maximum atomic E-state index is 5.55. The molecule has 0 radical (unpaired) electrons. The van der Waals surface area contributed by atoms with Gasteiger partial charge in [-0.25, -0.2) is 12.2 Å². The number of ether oxygens (including phenoxy) is 1. The number of methoxy groups -OCH3 is 1. The van der Waals surface area contributed by atoms with Crippen molar-refractivity contribution >= 4 is 30.4 Å². The van der Waals surface area contributed by atoms with Gasteiger partial charge < -0.3 is 4.74 Å². The molecule has 0 fully saturated rings. The molecule has 0 amide bonds. The van der Waals surface area contributed by atoms with E-state index in [4.69, 9.17) is 4.74 Å². The van der Waals surface area contributed by atoms with Crippen molar-refractivity contribution in [3.05, 3.63) is 71.9 Å². The van der Waals surface area contributed by atoms with E-state index in [0.717, 1.165) is 17.7 Å². The van der Waals surface area contributed by atoms with Gasteiger partial charge in [0.1, 0.15) is 0 Å². The van der Waals surface area contributed by atoms with Crippen LogP contribution >= 0.6 is 24.8 Å². The van der Waals surface area contributed by atoms with Crippen LogP contribution in [0.3, 0.4) is 0 Å². The third-order valence-electron chi connectivity index (χ3n) is 4.61. The van der Waals surface area contributed by atoms with Crippen LogP contribution in [0.5, 0.6) is 5.75 Å². The monoisotopic (exact) mass is 510 g/mol. The van der Waals surface area contributed by atoms with Crippen molar-refractivity contribution in [1.29, 1.82) is 0 Å². The summed E-state index contributed by atoms with van der Waals surface area (Å²) in [5.74, 6) is 1.26. The fourth-order valence-corrected chi connectivity index (χ4v) is 3.03. The Morgan fingerprint density at radius 3 is 2.03 bits per heavy atom. The number of allylic oxidation sites excluding steroid dienone is 8. The molecule has 2 aliphatic rings. The molecule has 1 aromatic rings. The van der Waals surface area contributed by atoms with Gasteiger partial charge in [-0.05, 0) is 11.5 Å². The molecule has 1 nitrogen and oxygen atoms in total. The number of para-hydroxylation sites is 1. The summed E-state index contributed by atoms with van der Waals surface area (Å²) < 4.78 is 5.55. The van der Waals surface area contributed by atoms with Crippen LogP contribution in [0, 0.1) is 28.9 Å². The van der Waals surface area contributed by atoms with Crippen molar-refractivity contribution in [2.24, 2.45) is 16.7 Å². The topological polar surface area (TPSA) is 9.23 Å². The largest absolute Gasteiger partial charge is 2.00 e. The van der Waals surface area contributed by atoms with E-state index in [1.807, 2.05) is 24.3 Å². The smallest absolute Gasteiger partial charge is 0.509 e. The Balaban J connectivity index is 0.